The molecule has 8 nitrogen and oxygen atoms in total. The Labute approximate surface area is 202 Å². The molecule has 4 amide bonds. The lowest BCUT2D eigenvalue weighted by Gasteiger charge is -2.13. The molecule has 0 atom stereocenters. The maximum absolute atomic E-state index is 12.5. The molecule has 3 rings (SSSR count). The monoisotopic (exact) mass is 481 g/mol. The van der Waals surface area contributed by atoms with Crippen molar-refractivity contribution in [3.05, 3.63) is 70.6 Å². The summed E-state index contributed by atoms with van der Waals surface area (Å²) < 4.78 is 5.46. The Bertz CT molecular complexity index is 1070. The number of carbonyl (C=O) groups is 4. The molecule has 0 saturated carbocycles. The van der Waals surface area contributed by atoms with Gasteiger partial charge in [0.15, 0.2) is 0 Å². The third kappa shape index (κ3) is 6.95. The standard InChI is InChI=1S/C25H27N3O5S/c1-2-33-20-12-7-6-11-19(20)23(30)27-14-8-13-22(29)26-15-16-28-24(31)21(34-25(28)32)17-18-9-4-3-5-10-18/h3-7,9-12,17H,2,8,13-16H2,1H3,(H,26,29)(H,27,30)/b21-17-. The molecule has 34 heavy (non-hydrogen) atoms. The predicted molar refractivity (Wildman–Crippen MR) is 131 cm³/mol. The molecule has 178 valence electrons. The van der Waals surface area contributed by atoms with Gasteiger partial charge in [-0.3, -0.25) is 24.1 Å². The van der Waals surface area contributed by atoms with E-state index >= 15 is 0 Å². The van der Waals surface area contributed by atoms with Crippen molar-refractivity contribution in [3.63, 3.8) is 0 Å². The molecule has 0 aromatic heterocycles. The van der Waals surface area contributed by atoms with E-state index in [2.05, 4.69) is 10.6 Å². The van der Waals surface area contributed by atoms with Crippen molar-refractivity contribution in [1.82, 2.24) is 15.5 Å². The zero-order valence-electron chi connectivity index (χ0n) is 18.9. The Morgan fingerprint density at radius 1 is 1.00 bits per heavy atom. The second-order valence-corrected chi connectivity index (χ2v) is 8.38. The molecule has 1 heterocycles. The molecule has 0 unspecified atom stereocenters. The number of rotatable bonds is 11. The Hall–Kier alpha value is -3.59. The number of para-hydroxylation sites is 1. The van der Waals surface area contributed by atoms with E-state index in [1.807, 2.05) is 37.3 Å². The first-order chi connectivity index (χ1) is 16.5. The summed E-state index contributed by atoms with van der Waals surface area (Å²) >= 11 is 0.894. The van der Waals surface area contributed by atoms with Crippen molar-refractivity contribution in [2.75, 3.05) is 26.2 Å². The first-order valence-electron chi connectivity index (χ1n) is 11.1. The van der Waals surface area contributed by atoms with Crippen molar-refractivity contribution < 1.29 is 23.9 Å². The number of ether oxygens (including phenoxy) is 1. The molecular weight excluding hydrogens is 454 g/mol. The number of amides is 4. The van der Waals surface area contributed by atoms with E-state index in [0.717, 1.165) is 22.2 Å². The Balaban J connectivity index is 1.36. The average Bonchev–Trinajstić information content (AvgIpc) is 3.10. The third-order valence-corrected chi connectivity index (χ3v) is 5.83. The largest absolute Gasteiger partial charge is 0.493 e. The van der Waals surface area contributed by atoms with Crippen LogP contribution in [0.5, 0.6) is 5.75 Å². The number of benzene rings is 2. The molecule has 1 fully saturated rings. The van der Waals surface area contributed by atoms with E-state index in [1.54, 1.807) is 30.3 Å². The second-order valence-electron chi connectivity index (χ2n) is 7.38. The normalized spacial score (nSPS) is 14.4. The summed E-state index contributed by atoms with van der Waals surface area (Å²) in [6, 6.07) is 16.3. The number of nitrogens with zero attached hydrogens (tertiary/aromatic N) is 1. The predicted octanol–water partition coefficient (Wildman–Crippen LogP) is 3.45. The van der Waals surface area contributed by atoms with Crippen LogP contribution in [0, 0.1) is 0 Å². The molecular formula is C25H27N3O5S. The van der Waals surface area contributed by atoms with Crippen LogP contribution in [0.3, 0.4) is 0 Å². The van der Waals surface area contributed by atoms with Gasteiger partial charge in [-0.2, -0.15) is 0 Å². The Kier molecular flexibility index (Phi) is 9.28. The highest BCUT2D eigenvalue weighted by atomic mass is 32.2. The molecule has 1 aliphatic rings. The molecule has 2 N–H and O–H groups in total. The van der Waals surface area contributed by atoms with E-state index in [1.165, 1.54) is 0 Å². The van der Waals surface area contributed by atoms with Crippen molar-refractivity contribution in [1.29, 1.82) is 0 Å². The lowest BCUT2D eigenvalue weighted by atomic mass is 10.2. The number of hydrogen-bond donors (Lipinski definition) is 2. The van der Waals surface area contributed by atoms with Gasteiger partial charge in [-0.1, -0.05) is 42.5 Å². The highest BCUT2D eigenvalue weighted by Crippen LogP contribution is 2.31. The summed E-state index contributed by atoms with van der Waals surface area (Å²) in [5.74, 6) is -0.308. The topological polar surface area (TPSA) is 105 Å². The molecule has 0 spiro atoms. The minimum atomic E-state index is -0.358. The van der Waals surface area contributed by atoms with Gasteiger partial charge in [0.25, 0.3) is 17.1 Å². The van der Waals surface area contributed by atoms with E-state index < -0.39 is 0 Å². The maximum atomic E-state index is 12.5. The number of carbonyl (C=O) groups excluding carboxylic acids is 4. The highest BCUT2D eigenvalue weighted by Gasteiger charge is 2.34. The van der Waals surface area contributed by atoms with Crippen LogP contribution in [0.1, 0.15) is 35.7 Å². The second kappa shape index (κ2) is 12.6. The zero-order valence-corrected chi connectivity index (χ0v) is 19.7. The van der Waals surface area contributed by atoms with Gasteiger partial charge in [0, 0.05) is 26.1 Å². The minimum absolute atomic E-state index is 0.105. The number of nitrogens with one attached hydrogen (secondary N) is 2. The van der Waals surface area contributed by atoms with Crippen LogP contribution in [-0.4, -0.2) is 54.1 Å². The summed E-state index contributed by atoms with van der Waals surface area (Å²) in [5, 5.41) is 5.15. The van der Waals surface area contributed by atoms with Crippen molar-refractivity contribution in [2.45, 2.75) is 19.8 Å². The summed E-state index contributed by atoms with van der Waals surface area (Å²) in [5.41, 5.74) is 1.29. The van der Waals surface area contributed by atoms with E-state index in [-0.39, 0.29) is 42.5 Å². The van der Waals surface area contributed by atoms with Crippen LogP contribution in [0.15, 0.2) is 59.5 Å². The summed E-state index contributed by atoms with van der Waals surface area (Å²) in [6.07, 6.45) is 2.35. The number of imide groups is 1. The summed E-state index contributed by atoms with van der Waals surface area (Å²) in [4.78, 5) is 50.6. The van der Waals surface area contributed by atoms with Gasteiger partial charge in [0.05, 0.1) is 17.1 Å². The smallest absolute Gasteiger partial charge is 0.293 e. The number of hydrogen-bond acceptors (Lipinski definition) is 6. The first-order valence-corrected chi connectivity index (χ1v) is 11.9. The van der Waals surface area contributed by atoms with Crippen LogP contribution in [-0.2, 0) is 9.59 Å². The lowest BCUT2D eigenvalue weighted by Crippen LogP contribution is -2.37. The van der Waals surface area contributed by atoms with Gasteiger partial charge in [-0.15, -0.1) is 0 Å². The fraction of sp³-hybridized carbons (Fsp3) is 0.280. The summed E-state index contributed by atoms with van der Waals surface area (Å²) in [6.45, 7) is 2.92. The van der Waals surface area contributed by atoms with Gasteiger partial charge in [-0.05, 0) is 48.9 Å². The van der Waals surface area contributed by atoms with Gasteiger partial charge in [0.2, 0.25) is 5.91 Å². The molecule has 9 heteroatoms. The van der Waals surface area contributed by atoms with Crippen molar-refractivity contribution >= 4 is 40.8 Å². The van der Waals surface area contributed by atoms with Crippen molar-refractivity contribution in [2.24, 2.45) is 0 Å². The molecule has 2 aromatic carbocycles. The zero-order chi connectivity index (χ0) is 24.3. The van der Waals surface area contributed by atoms with Crippen molar-refractivity contribution in [3.8, 4) is 5.75 Å². The Morgan fingerprint density at radius 2 is 1.74 bits per heavy atom. The van der Waals surface area contributed by atoms with Gasteiger partial charge in [-0.25, -0.2) is 0 Å². The third-order valence-electron chi connectivity index (χ3n) is 4.93. The molecule has 1 aliphatic heterocycles. The molecule has 0 aliphatic carbocycles. The minimum Gasteiger partial charge on any atom is -0.493 e. The molecule has 0 bridgehead atoms. The average molecular weight is 482 g/mol. The highest BCUT2D eigenvalue weighted by molar-refractivity contribution is 8.18. The van der Waals surface area contributed by atoms with Gasteiger partial charge in [0.1, 0.15) is 5.75 Å². The molecule has 2 aromatic rings. The van der Waals surface area contributed by atoms with Crippen LogP contribution < -0.4 is 15.4 Å². The van der Waals surface area contributed by atoms with Crippen LogP contribution in [0.2, 0.25) is 0 Å². The van der Waals surface area contributed by atoms with E-state index in [0.29, 0.717) is 35.8 Å². The van der Waals surface area contributed by atoms with Gasteiger partial charge < -0.3 is 15.4 Å². The van der Waals surface area contributed by atoms with Crippen LogP contribution in [0.4, 0.5) is 4.79 Å². The van der Waals surface area contributed by atoms with Crippen LogP contribution in [0.25, 0.3) is 6.08 Å². The molecule has 0 radical (unpaired) electrons. The van der Waals surface area contributed by atoms with E-state index in [9.17, 15) is 19.2 Å². The SMILES string of the molecule is CCOc1ccccc1C(=O)NCCCC(=O)NCCN1C(=O)S/C(=C\c2ccccc2)C1=O. The quantitative estimate of drug-likeness (QED) is 0.376. The summed E-state index contributed by atoms with van der Waals surface area (Å²) in [7, 11) is 0. The molecule has 1 saturated heterocycles. The maximum Gasteiger partial charge on any atom is 0.293 e. The first kappa shape index (κ1) is 25.0. The fourth-order valence-electron chi connectivity index (χ4n) is 3.27. The Morgan fingerprint density at radius 3 is 2.50 bits per heavy atom. The van der Waals surface area contributed by atoms with E-state index in [4.69, 9.17) is 4.74 Å². The fourth-order valence-corrected chi connectivity index (χ4v) is 4.14. The lowest BCUT2D eigenvalue weighted by molar-refractivity contribution is -0.124. The van der Waals surface area contributed by atoms with Gasteiger partial charge >= 0.3 is 0 Å². The van der Waals surface area contributed by atoms with Crippen LogP contribution >= 0.6 is 11.8 Å². The number of thioether (sulfide) groups is 1.